The van der Waals surface area contributed by atoms with E-state index in [1.807, 2.05) is 0 Å². The third-order valence-electron chi connectivity index (χ3n) is 5.01. The van der Waals surface area contributed by atoms with E-state index in [1.165, 1.54) is 57.5 Å². The number of hydrogen-bond donors (Lipinski definition) is 1. The molecule has 0 bridgehead atoms. The van der Waals surface area contributed by atoms with Crippen LogP contribution in [0.5, 0.6) is 0 Å². The second-order valence-electron chi connectivity index (χ2n) is 7.13. The lowest BCUT2D eigenvalue weighted by Crippen LogP contribution is -2.18. The van der Waals surface area contributed by atoms with E-state index in [0.717, 1.165) is 6.33 Å². The van der Waals surface area contributed by atoms with Crippen LogP contribution in [0.25, 0.3) is 0 Å². The summed E-state index contributed by atoms with van der Waals surface area (Å²) in [7, 11) is 5.06. The Bertz CT molecular complexity index is 1310. The van der Waals surface area contributed by atoms with Crippen molar-refractivity contribution in [1.29, 1.82) is 0 Å². The van der Waals surface area contributed by atoms with Crippen molar-refractivity contribution in [2.45, 2.75) is 0 Å². The molecule has 1 aromatic heterocycles. The van der Waals surface area contributed by atoms with Crippen molar-refractivity contribution in [2.24, 2.45) is 0 Å². The third-order valence-corrected chi connectivity index (χ3v) is 5.01. The standard InChI is InChI=1S/C23H21N5O8/c1-27(17-8-6-5-7-16(17)23(31)36-4)20-18(28(32)33)19(24-12-25-20)26-15-10-13(21(29)34-2)9-14(11-15)22(30)35-3/h5-12H,1-4H3,(H,24,25,26). The van der Waals surface area contributed by atoms with Crippen LogP contribution >= 0.6 is 0 Å². The molecule has 2 aromatic carbocycles. The number of methoxy groups -OCH3 is 3. The summed E-state index contributed by atoms with van der Waals surface area (Å²) in [6, 6.07) is 10.3. The number of aromatic nitrogens is 2. The number of nitrogens with zero attached hydrogens (tertiary/aromatic N) is 4. The first-order chi connectivity index (χ1) is 17.2. The zero-order chi connectivity index (χ0) is 26.4. The molecule has 1 N–H and O–H groups in total. The van der Waals surface area contributed by atoms with Crippen LogP contribution in [0.2, 0.25) is 0 Å². The number of esters is 3. The Balaban J connectivity index is 2.12. The van der Waals surface area contributed by atoms with Gasteiger partial charge in [0.2, 0.25) is 11.6 Å². The number of ether oxygens (including phenoxy) is 3. The average Bonchev–Trinajstić information content (AvgIpc) is 2.90. The molecule has 0 atom stereocenters. The highest BCUT2D eigenvalue weighted by Crippen LogP contribution is 2.37. The summed E-state index contributed by atoms with van der Waals surface area (Å²) in [4.78, 5) is 57.2. The van der Waals surface area contributed by atoms with Crippen LogP contribution in [0.4, 0.5) is 28.7 Å². The number of carbonyl (C=O) groups excluding carboxylic acids is 3. The van der Waals surface area contributed by atoms with Crippen LogP contribution < -0.4 is 10.2 Å². The molecule has 13 heteroatoms. The molecule has 3 rings (SSSR count). The minimum absolute atomic E-state index is 0.00366. The quantitative estimate of drug-likeness (QED) is 0.210. The van der Waals surface area contributed by atoms with E-state index in [2.05, 4.69) is 15.3 Å². The Morgan fingerprint density at radius 3 is 2.06 bits per heavy atom. The van der Waals surface area contributed by atoms with E-state index in [9.17, 15) is 24.5 Å². The predicted molar refractivity (Wildman–Crippen MR) is 127 cm³/mol. The van der Waals surface area contributed by atoms with Gasteiger partial charge in [-0.1, -0.05) is 12.1 Å². The molecule has 0 fully saturated rings. The molecule has 1 heterocycles. The molecule has 0 aliphatic rings. The highest BCUT2D eigenvalue weighted by atomic mass is 16.6. The van der Waals surface area contributed by atoms with Crippen molar-refractivity contribution in [1.82, 2.24) is 9.97 Å². The van der Waals surface area contributed by atoms with Gasteiger partial charge in [0.1, 0.15) is 6.33 Å². The average molecular weight is 495 g/mol. The van der Waals surface area contributed by atoms with E-state index in [0.29, 0.717) is 5.69 Å². The third kappa shape index (κ3) is 5.19. The van der Waals surface area contributed by atoms with Crippen molar-refractivity contribution in [3.63, 3.8) is 0 Å². The van der Waals surface area contributed by atoms with Gasteiger partial charge in [0.25, 0.3) is 0 Å². The Hall–Kier alpha value is -5.07. The van der Waals surface area contributed by atoms with E-state index in [1.54, 1.807) is 18.2 Å². The number of nitrogens with one attached hydrogen (secondary N) is 1. The fourth-order valence-corrected chi connectivity index (χ4v) is 3.35. The SMILES string of the molecule is COC(=O)c1cc(Nc2ncnc(N(C)c3ccccc3C(=O)OC)c2[N+](=O)[O-])cc(C(=O)OC)c1. The van der Waals surface area contributed by atoms with Crippen molar-refractivity contribution in [3.05, 3.63) is 75.6 Å². The fourth-order valence-electron chi connectivity index (χ4n) is 3.35. The maximum absolute atomic E-state index is 12.2. The van der Waals surface area contributed by atoms with Crippen LogP contribution in [-0.2, 0) is 14.2 Å². The number of benzene rings is 2. The van der Waals surface area contributed by atoms with Gasteiger partial charge in [0.15, 0.2) is 0 Å². The molecule has 0 saturated carbocycles. The van der Waals surface area contributed by atoms with Crippen LogP contribution in [0.15, 0.2) is 48.8 Å². The predicted octanol–water partition coefficient (Wildman–Crippen LogP) is 3.26. The summed E-state index contributed by atoms with van der Waals surface area (Å²) in [6.07, 6.45) is 1.09. The number of para-hydroxylation sites is 1. The molecular weight excluding hydrogens is 474 g/mol. The van der Waals surface area contributed by atoms with E-state index < -0.39 is 28.5 Å². The molecule has 0 amide bonds. The number of anilines is 4. The molecule has 0 aliphatic heterocycles. The minimum atomic E-state index is -0.735. The van der Waals surface area contributed by atoms with E-state index in [4.69, 9.17) is 14.2 Å². The summed E-state index contributed by atoms with van der Waals surface area (Å²) in [5, 5.41) is 14.9. The first kappa shape index (κ1) is 25.6. The maximum Gasteiger partial charge on any atom is 0.354 e. The molecule has 13 nitrogen and oxygen atoms in total. The van der Waals surface area contributed by atoms with Crippen molar-refractivity contribution in [3.8, 4) is 0 Å². The number of carbonyl (C=O) groups is 3. The Morgan fingerprint density at radius 1 is 0.917 bits per heavy atom. The van der Waals surface area contributed by atoms with E-state index in [-0.39, 0.29) is 34.0 Å². The molecule has 0 aliphatic carbocycles. The number of nitro groups is 1. The second kappa shape index (κ2) is 10.9. The molecule has 0 radical (unpaired) electrons. The summed E-state index contributed by atoms with van der Waals surface area (Å²) in [5.74, 6) is -2.47. The highest BCUT2D eigenvalue weighted by molar-refractivity contribution is 5.98. The van der Waals surface area contributed by atoms with Gasteiger partial charge in [-0.15, -0.1) is 0 Å². The lowest BCUT2D eigenvalue weighted by atomic mass is 10.1. The van der Waals surface area contributed by atoms with Gasteiger partial charge in [-0.3, -0.25) is 10.1 Å². The second-order valence-corrected chi connectivity index (χ2v) is 7.13. The van der Waals surface area contributed by atoms with Crippen LogP contribution in [0, 0.1) is 10.1 Å². The van der Waals surface area contributed by atoms with Gasteiger partial charge in [-0.05, 0) is 30.3 Å². The lowest BCUT2D eigenvalue weighted by Gasteiger charge is -2.21. The Kier molecular flexibility index (Phi) is 7.74. The molecule has 3 aromatic rings. The van der Waals surface area contributed by atoms with Crippen molar-refractivity contribution in [2.75, 3.05) is 38.6 Å². The Morgan fingerprint density at radius 2 is 1.50 bits per heavy atom. The highest BCUT2D eigenvalue weighted by Gasteiger charge is 2.28. The molecule has 0 spiro atoms. The van der Waals surface area contributed by atoms with Crippen LogP contribution in [0.1, 0.15) is 31.1 Å². The summed E-state index contributed by atoms with van der Waals surface area (Å²) >= 11 is 0. The molecular formula is C23H21N5O8. The van der Waals surface area contributed by atoms with Gasteiger partial charge in [0.05, 0.1) is 48.6 Å². The lowest BCUT2D eigenvalue weighted by molar-refractivity contribution is -0.383. The van der Waals surface area contributed by atoms with Crippen LogP contribution in [-0.4, -0.2) is 61.2 Å². The van der Waals surface area contributed by atoms with Crippen molar-refractivity contribution < 1.29 is 33.5 Å². The number of hydrogen-bond acceptors (Lipinski definition) is 12. The van der Waals surface area contributed by atoms with Crippen LogP contribution in [0.3, 0.4) is 0 Å². The summed E-state index contributed by atoms with van der Waals surface area (Å²) < 4.78 is 14.2. The molecule has 36 heavy (non-hydrogen) atoms. The van der Waals surface area contributed by atoms with Gasteiger partial charge in [-0.2, -0.15) is 0 Å². The molecule has 186 valence electrons. The topological polar surface area (TPSA) is 163 Å². The zero-order valence-electron chi connectivity index (χ0n) is 19.7. The Labute approximate surface area is 204 Å². The smallest absolute Gasteiger partial charge is 0.354 e. The number of rotatable bonds is 8. The van der Waals surface area contributed by atoms with E-state index >= 15 is 0 Å². The first-order valence-corrected chi connectivity index (χ1v) is 10.2. The summed E-state index contributed by atoms with van der Waals surface area (Å²) in [5.41, 5.74) is 0.0792. The van der Waals surface area contributed by atoms with Gasteiger partial charge >= 0.3 is 23.6 Å². The minimum Gasteiger partial charge on any atom is -0.465 e. The maximum atomic E-state index is 12.2. The monoisotopic (exact) mass is 495 g/mol. The first-order valence-electron chi connectivity index (χ1n) is 10.2. The van der Waals surface area contributed by atoms with Gasteiger partial charge in [-0.25, -0.2) is 24.4 Å². The summed E-state index contributed by atoms with van der Waals surface area (Å²) in [6.45, 7) is 0. The largest absolute Gasteiger partial charge is 0.465 e. The zero-order valence-corrected chi connectivity index (χ0v) is 19.7. The van der Waals surface area contributed by atoms with Crippen molar-refractivity contribution >= 4 is 46.6 Å². The molecule has 0 unspecified atom stereocenters. The normalized spacial score (nSPS) is 10.2. The van der Waals surface area contributed by atoms with Gasteiger partial charge in [0, 0.05) is 12.7 Å². The van der Waals surface area contributed by atoms with Gasteiger partial charge < -0.3 is 24.4 Å². The fraction of sp³-hybridized carbons (Fsp3) is 0.174. The molecule has 0 saturated heterocycles.